The van der Waals surface area contributed by atoms with Crippen molar-refractivity contribution in [2.45, 2.75) is 12.8 Å². The number of aromatic carboxylic acids is 1. The fraction of sp³-hybridized carbons (Fsp3) is 0.115. The Kier molecular flexibility index (Phi) is 12.5. The second-order valence-electron chi connectivity index (χ2n) is 15.5. The number of phenols is 4. The van der Waals surface area contributed by atoms with Crippen LogP contribution in [0.25, 0.3) is 16.7 Å². The number of carboxylic acid groups (broad SMARTS) is 1. The van der Waals surface area contributed by atoms with E-state index in [1.807, 2.05) is 13.0 Å². The molecule has 68 heavy (non-hydrogen) atoms. The van der Waals surface area contributed by atoms with Crippen LogP contribution in [-0.2, 0) is 14.2 Å². The number of nitrogens with zero attached hydrogens (tertiary/aromatic N) is 2. The first-order valence-corrected chi connectivity index (χ1v) is 20.9. The number of hydrogen-bond donors (Lipinski definition) is 7. The molecule has 1 unspecified atom stereocenters. The molecule has 16 nitrogen and oxygen atoms in total. The van der Waals surface area contributed by atoms with Gasteiger partial charge in [0.1, 0.15) is 45.3 Å². The molecule has 4 heterocycles. The number of aliphatic imine (C=N–C) groups is 2. The number of allylic oxidation sites excluding steroid dienone is 4. The average molecular weight is 915 g/mol. The van der Waals surface area contributed by atoms with Crippen molar-refractivity contribution in [2.75, 3.05) is 27.9 Å². The molecule has 0 fully saturated rings. The van der Waals surface area contributed by atoms with Gasteiger partial charge in [-0.2, -0.15) is 0 Å². The van der Waals surface area contributed by atoms with Crippen LogP contribution in [0.3, 0.4) is 0 Å². The molecule has 0 aliphatic carbocycles. The Morgan fingerprint density at radius 3 is 1.65 bits per heavy atom. The van der Waals surface area contributed by atoms with Crippen molar-refractivity contribution >= 4 is 52.0 Å². The van der Waals surface area contributed by atoms with Gasteiger partial charge in [-0.3, -0.25) is 4.99 Å². The maximum Gasteiger partial charge on any atom is 0.341 e. The number of phenolic OH excluding ortho intramolecular Hbond substituents is 3. The second kappa shape index (κ2) is 18.7. The zero-order chi connectivity index (χ0) is 48.4. The van der Waals surface area contributed by atoms with Gasteiger partial charge in [0.15, 0.2) is 0 Å². The minimum Gasteiger partial charge on any atom is -0.507 e. The smallest absolute Gasteiger partial charge is 0.341 e. The number of methoxy groups -OCH3 is 3. The summed E-state index contributed by atoms with van der Waals surface area (Å²) in [6.45, 7) is 1.83. The highest BCUT2D eigenvalue weighted by Crippen LogP contribution is 2.37. The summed E-state index contributed by atoms with van der Waals surface area (Å²) in [6.07, 6.45) is 7.06. The van der Waals surface area contributed by atoms with Crippen molar-refractivity contribution in [1.29, 1.82) is 0 Å². The van der Waals surface area contributed by atoms with E-state index in [1.54, 1.807) is 66.8 Å². The summed E-state index contributed by atoms with van der Waals surface area (Å²) in [5.74, 6) is -5.70. The Morgan fingerprint density at radius 1 is 0.603 bits per heavy atom. The van der Waals surface area contributed by atoms with Crippen molar-refractivity contribution in [3.8, 4) is 23.0 Å². The quantitative estimate of drug-likeness (QED) is 0.0628. The van der Waals surface area contributed by atoms with Crippen LogP contribution in [0.5, 0.6) is 23.0 Å². The molecule has 2 aliphatic rings. The molecule has 6 bridgehead atoms. The largest absolute Gasteiger partial charge is 0.507 e. The van der Waals surface area contributed by atoms with Gasteiger partial charge in [0.05, 0.1) is 45.0 Å². The topological polar surface area (TPSA) is 253 Å². The Labute approximate surface area is 387 Å². The number of carbonyl (C=O) groups excluding carboxylic acids is 3. The zero-order valence-electron chi connectivity index (χ0n) is 36.8. The van der Waals surface area contributed by atoms with Crippen molar-refractivity contribution in [2.24, 2.45) is 9.98 Å². The Bertz CT molecular complexity index is 3380. The summed E-state index contributed by atoms with van der Waals surface area (Å²) in [5, 5.41) is 55.2. The normalized spacial score (nSPS) is 17.4. The number of aromatic hydroxyl groups is 4. The highest BCUT2D eigenvalue weighted by atomic mass is 16.5. The van der Waals surface area contributed by atoms with Crippen molar-refractivity contribution in [3.63, 3.8) is 0 Å². The number of fused-ring (bicyclic) bond motifs is 5. The van der Waals surface area contributed by atoms with E-state index in [9.17, 15) is 44.7 Å². The fourth-order valence-corrected chi connectivity index (χ4v) is 8.21. The molecule has 0 amide bonds. The number of benzene rings is 4. The Hall–Kier alpha value is -9.18. The molecule has 0 spiro atoms. The monoisotopic (exact) mass is 914 g/mol. The van der Waals surface area contributed by atoms with Crippen LogP contribution in [0, 0.1) is 0 Å². The van der Waals surface area contributed by atoms with Gasteiger partial charge in [0.25, 0.3) is 0 Å². The molecule has 0 radical (unpaired) electrons. The number of aromatic amines is 2. The van der Waals surface area contributed by atoms with Gasteiger partial charge in [-0.1, -0.05) is 30.3 Å². The number of nitrogens with one attached hydrogen (secondary N) is 2. The van der Waals surface area contributed by atoms with Gasteiger partial charge in [0, 0.05) is 44.7 Å². The summed E-state index contributed by atoms with van der Waals surface area (Å²) in [7, 11) is 3.62. The highest BCUT2D eigenvalue weighted by Gasteiger charge is 2.26. The second-order valence-corrected chi connectivity index (χ2v) is 15.5. The van der Waals surface area contributed by atoms with Crippen molar-refractivity contribution < 1.29 is 58.9 Å². The lowest BCUT2D eigenvalue weighted by atomic mass is 9.93. The third-order valence-electron chi connectivity index (χ3n) is 11.5. The first-order chi connectivity index (χ1) is 32.7. The highest BCUT2D eigenvalue weighted by molar-refractivity contribution is 6.31. The Morgan fingerprint density at radius 2 is 1.12 bits per heavy atom. The van der Waals surface area contributed by atoms with Crippen LogP contribution in [0.4, 0.5) is 0 Å². The lowest BCUT2D eigenvalue weighted by Crippen LogP contribution is -2.22. The number of carboxylic acids is 1. The maximum atomic E-state index is 12.6. The number of rotatable bonds is 9. The van der Waals surface area contributed by atoms with E-state index in [0.717, 1.165) is 0 Å². The van der Waals surface area contributed by atoms with Gasteiger partial charge >= 0.3 is 23.9 Å². The molecule has 0 saturated carbocycles. The predicted octanol–water partition coefficient (Wildman–Crippen LogP) is 6.25. The summed E-state index contributed by atoms with van der Waals surface area (Å²) >= 11 is 0. The minimum absolute atomic E-state index is 0.0192. The molecule has 342 valence electrons. The molecule has 4 aromatic carbocycles. The first kappa shape index (κ1) is 45.4. The van der Waals surface area contributed by atoms with Crippen LogP contribution < -0.4 is 10.7 Å². The van der Waals surface area contributed by atoms with Gasteiger partial charge in [0.2, 0.25) is 0 Å². The molecule has 16 heteroatoms. The molecule has 8 rings (SSSR count). The number of hydrogen-bond acceptors (Lipinski definition) is 13. The summed E-state index contributed by atoms with van der Waals surface area (Å²) in [4.78, 5) is 67.0. The van der Waals surface area contributed by atoms with Gasteiger partial charge in [-0.05, 0) is 120 Å². The van der Waals surface area contributed by atoms with Gasteiger partial charge in [-0.15, -0.1) is 0 Å². The van der Waals surface area contributed by atoms with Gasteiger partial charge in [-0.25, -0.2) is 24.2 Å². The van der Waals surface area contributed by atoms with E-state index >= 15 is 0 Å². The van der Waals surface area contributed by atoms with E-state index in [4.69, 9.17) is 24.2 Å². The third kappa shape index (κ3) is 8.56. The number of aromatic nitrogens is 2. The number of H-pyrrole nitrogens is 2. The standard InChI is InChI=1S/C52H42N4O12/c1-5-6-36-46(27-9-13-32(44(59)23-27)51(64)67-3)37-17-18-40(55-37)48(29-10-14-33(45(60)24-29)52(65)68-4)41-20-19-39(56-41)47(28-8-11-30(49(61)62)42(57)22-28)38-16-15-35(54-38)34(25-53-36)26-7-12-31(43(58)21-26)50(63)66-2/h5-24,34,54-55,57-60H,25H2,1-4H3,(H,61,62)/b6-5-,46-37-,47-39-,48-40-,53-36?. The molecule has 1 atom stereocenters. The van der Waals surface area contributed by atoms with E-state index in [-0.39, 0.29) is 46.0 Å². The first-order valence-electron chi connectivity index (χ1n) is 20.9. The van der Waals surface area contributed by atoms with Gasteiger partial charge < -0.3 is 49.7 Å². The van der Waals surface area contributed by atoms with E-state index in [1.165, 1.54) is 69.9 Å². The molecule has 7 N–H and O–H groups in total. The van der Waals surface area contributed by atoms with E-state index in [2.05, 4.69) is 9.97 Å². The van der Waals surface area contributed by atoms with Crippen molar-refractivity contribution in [3.05, 3.63) is 194 Å². The maximum absolute atomic E-state index is 12.6. The molecule has 6 aromatic rings. The predicted molar refractivity (Wildman–Crippen MR) is 251 cm³/mol. The molecule has 0 saturated heterocycles. The molecular weight excluding hydrogens is 873 g/mol. The zero-order valence-corrected chi connectivity index (χ0v) is 36.8. The van der Waals surface area contributed by atoms with Crippen LogP contribution in [-0.4, -0.2) is 98.7 Å². The summed E-state index contributed by atoms with van der Waals surface area (Å²) in [5.41, 5.74) is 5.07. The molecular formula is C52H42N4O12. The van der Waals surface area contributed by atoms with E-state index < -0.39 is 35.5 Å². The lowest BCUT2D eigenvalue weighted by molar-refractivity contribution is 0.0588. The number of ether oxygens (including phenoxy) is 3. The van der Waals surface area contributed by atoms with Crippen LogP contribution in [0.2, 0.25) is 0 Å². The molecule has 2 aromatic heterocycles. The molecule has 2 aliphatic heterocycles. The summed E-state index contributed by atoms with van der Waals surface area (Å²) in [6, 6.07) is 24.9. The third-order valence-corrected chi connectivity index (χ3v) is 11.5. The number of carbonyl (C=O) groups is 4. The minimum atomic E-state index is -1.32. The van der Waals surface area contributed by atoms with Crippen molar-refractivity contribution in [1.82, 2.24) is 9.97 Å². The van der Waals surface area contributed by atoms with Crippen LogP contribution >= 0.6 is 0 Å². The van der Waals surface area contributed by atoms with Crippen LogP contribution in [0.15, 0.2) is 137 Å². The summed E-state index contributed by atoms with van der Waals surface area (Å²) < 4.78 is 14.6. The Balaban J connectivity index is 1.49. The average Bonchev–Trinajstić information content (AvgIpc) is 4.12. The van der Waals surface area contributed by atoms with E-state index in [0.29, 0.717) is 78.2 Å². The lowest BCUT2D eigenvalue weighted by Gasteiger charge is -2.18. The SMILES string of the molecule is C/C=C\C1=NCC(c2ccc(C(=O)OC)c(O)c2)c2ccc([nH]2)/C(c2ccc(C(=O)O)c(O)c2)=C2/C=CC(=N2)/C(c2ccc(C(=O)OC)c(O)c2)=c2/cc/c([nH]2)=C/1c1ccc(C(=O)OC)c(O)c1. The fourth-order valence-electron chi connectivity index (χ4n) is 8.21. The number of esters is 3. The van der Waals surface area contributed by atoms with Crippen LogP contribution in [0.1, 0.15) is 87.9 Å².